The van der Waals surface area contributed by atoms with E-state index in [2.05, 4.69) is 5.32 Å². The molecule has 1 aromatic carbocycles. The van der Waals surface area contributed by atoms with Gasteiger partial charge in [-0.05, 0) is 64.7 Å². The Morgan fingerprint density at radius 1 is 1.11 bits per heavy atom. The van der Waals surface area contributed by atoms with Crippen LogP contribution >= 0.6 is 0 Å². The summed E-state index contributed by atoms with van der Waals surface area (Å²) in [6.07, 6.45) is 1.36. The highest BCUT2D eigenvalue weighted by molar-refractivity contribution is 5.99. The number of esters is 1. The Labute approximate surface area is 168 Å². The van der Waals surface area contributed by atoms with Crippen LogP contribution in [0.2, 0.25) is 0 Å². The number of hydrogen-bond donors (Lipinski definition) is 1. The molecule has 6 heteroatoms. The predicted molar refractivity (Wildman–Crippen MR) is 111 cm³/mol. The molecule has 0 bridgehead atoms. The smallest absolute Gasteiger partial charge is 0.341 e. The number of rotatable bonds is 11. The Morgan fingerprint density at radius 2 is 1.79 bits per heavy atom. The largest absolute Gasteiger partial charge is 0.490 e. The average Bonchev–Trinajstić information content (AvgIpc) is 2.62. The number of anilines is 1. The van der Waals surface area contributed by atoms with Crippen LogP contribution in [-0.4, -0.2) is 36.8 Å². The second kappa shape index (κ2) is 11.1. The van der Waals surface area contributed by atoms with E-state index in [0.29, 0.717) is 35.9 Å². The molecule has 1 rings (SSSR count). The first kappa shape index (κ1) is 24.0. The fraction of sp³-hybridized carbons (Fsp3) is 0.636. The summed E-state index contributed by atoms with van der Waals surface area (Å²) in [4.78, 5) is 25.3. The molecule has 1 amide bonds. The summed E-state index contributed by atoms with van der Waals surface area (Å²) in [6, 6.07) is 5.00. The van der Waals surface area contributed by atoms with E-state index < -0.39 is 11.6 Å². The van der Waals surface area contributed by atoms with Crippen molar-refractivity contribution < 1.29 is 23.8 Å². The van der Waals surface area contributed by atoms with Gasteiger partial charge in [-0.1, -0.05) is 20.8 Å². The Morgan fingerprint density at radius 3 is 2.32 bits per heavy atom. The van der Waals surface area contributed by atoms with Crippen LogP contribution in [0.4, 0.5) is 5.69 Å². The number of carbonyl (C=O) groups excluding carboxylic acids is 2. The van der Waals surface area contributed by atoms with Crippen LogP contribution in [0.1, 0.15) is 71.7 Å². The van der Waals surface area contributed by atoms with Crippen LogP contribution in [0.25, 0.3) is 0 Å². The molecule has 0 fully saturated rings. The third kappa shape index (κ3) is 6.82. The van der Waals surface area contributed by atoms with Crippen molar-refractivity contribution in [3.8, 4) is 5.75 Å². The maximum absolute atomic E-state index is 12.9. The molecule has 2 atom stereocenters. The fourth-order valence-electron chi connectivity index (χ4n) is 2.96. The maximum Gasteiger partial charge on any atom is 0.341 e. The molecule has 0 radical (unpaired) electrons. The first-order chi connectivity index (χ1) is 13.2. The Balaban J connectivity index is 3.14. The van der Waals surface area contributed by atoms with Crippen molar-refractivity contribution in [2.75, 3.05) is 18.5 Å². The van der Waals surface area contributed by atoms with Crippen molar-refractivity contribution in [2.45, 2.75) is 73.0 Å². The van der Waals surface area contributed by atoms with Crippen molar-refractivity contribution in [1.82, 2.24) is 0 Å². The Bertz CT molecular complexity index is 658. The summed E-state index contributed by atoms with van der Waals surface area (Å²) in [7, 11) is 0. The van der Waals surface area contributed by atoms with E-state index in [9.17, 15) is 9.59 Å². The van der Waals surface area contributed by atoms with Gasteiger partial charge in [0.25, 0.3) is 5.91 Å². The Kier molecular flexibility index (Phi) is 9.46. The fourth-order valence-corrected chi connectivity index (χ4v) is 2.96. The lowest BCUT2D eigenvalue weighted by molar-refractivity contribution is -0.140. The quantitative estimate of drug-likeness (QED) is 0.546. The van der Waals surface area contributed by atoms with Crippen molar-refractivity contribution >= 4 is 17.6 Å². The molecule has 0 aliphatic rings. The van der Waals surface area contributed by atoms with E-state index in [4.69, 9.17) is 14.2 Å². The lowest BCUT2D eigenvalue weighted by Crippen LogP contribution is -2.44. The second-order valence-electron chi connectivity index (χ2n) is 7.48. The molecule has 0 aliphatic heterocycles. The van der Waals surface area contributed by atoms with Gasteiger partial charge in [-0.3, -0.25) is 4.79 Å². The maximum atomic E-state index is 12.9. The molecule has 28 heavy (non-hydrogen) atoms. The first-order valence-electron chi connectivity index (χ1n) is 10.1. The lowest BCUT2D eigenvalue weighted by Gasteiger charge is -2.30. The third-order valence-corrected chi connectivity index (χ3v) is 4.38. The molecule has 0 unspecified atom stereocenters. The molecule has 0 aromatic heterocycles. The van der Waals surface area contributed by atoms with Gasteiger partial charge in [0.15, 0.2) is 0 Å². The number of carbonyl (C=O) groups is 2. The molecule has 0 spiro atoms. The molecule has 0 saturated heterocycles. The van der Waals surface area contributed by atoms with Gasteiger partial charge < -0.3 is 19.5 Å². The average molecular weight is 394 g/mol. The van der Waals surface area contributed by atoms with Crippen molar-refractivity contribution in [1.29, 1.82) is 0 Å². The van der Waals surface area contributed by atoms with Crippen LogP contribution in [0.15, 0.2) is 18.2 Å². The number of hydrogen-bond acceptors (Lipinski definition) is 5. The summed E-state index contributed by atoms with van der Waals surface area (Å²) in [5, 5.41) is 2.88. The molecule has 1 aromatic rings. The summed E-state index contributed by atoms with van der Waals surface area (Å²) in [5.74, 6) is 0.0179. The normalized spacial score (nSPS) is 14.3. The van der Waals surface area contributed by atoms with Crippen LogP contribution < -0.4 is 10.1 Å². The minimum Gasteiger partial charge on any atom is -0.490 e. The molecular formula is C22H35NO5. The van der Waals surface area contributed by atoms with Gasteiger partial charge in [-0.25, -0.2) is 4.79 Å². The second-order valence-corrected chi connectivity index (χ2v) is 7.48. The van der Waals surface area contributed by atoms with Gasteiger partial charge in [0.2, 0.25) is 0 Å². The summed E-state index contributed by atoms with van der Waals surface area (Å²) >= 11 is 0. The summed E-state index contributed by atoms with van der Waals surface area (Å²) in [5.41, 5.74) is -0.153. The molecular weight excluding hydrogens is 358 g/mol. The van der Waals surface area contributed by atoms with E-state index in [1.807, 2.05) is 34.6 Å². The number of amides is 1. The highest BCUT2D eigenvalue weighted by atomic mass is 16.5. The number of nitrogens with one attached hydrogen (secondary N) is 1. The minimum absolute atomic E-state index is 0.0408. The standard InChI is InChI=1S/C22H35NO5/c1-8-16(6)28-19-12-11-17(13-18(19)20(24)26-9-2)23-21(25)22(7,27-10-3)14-15(4)5/h11-13,15-16H,8-10,14H2,1-7H3,(H,23,25)/t16-,22-/m0/s1. The Hall–Kier alpha value is -2.08. The van der Waals surface area contributed by atoms with E-state index in [1.165, 1.54) is 0 Å². The van der Waals surface area contributed by atoms with Crippen molar-refractivity contribution in [2.24, 2.45) is 5.92 Å². The zero-order valence-corrected chi connectivity index (χ0v) is 18.3. The third-order valence-electron chi connectivity index (χ3n) is 4.38. The molecule has 0 heterocycles. The molecule has 0 saturated carbocycles. The molecule has 0 aliphatic carbocycles. The predicted octanol–water partition coefficient (Wildman–Crippen LogP) is 4.82. The SMILES string of the molecule is CCOC(=O)c1cc(NC(=O)[C@](C)(CC(C)C)OCC)ccc1O[C@@H](C)CC. The van der Waals surface area contributed by atoms with Gasteiger partial charge in [-0.15, -0.1) is 0 Å². The first-order valence-corrected chi connectivity index (χ1v) is 10.1. The van der Waals surface area contributed by atoms with Gasteiger partial charge in [0, 0.05) is 12.3 Å². The van der Waals surface area contributed by atoms with Gasteiger partial charge in [-0.2, -0.15) is 0 Å². The molecule has 6 nitrogen and oxygen atoms in total. The van der Waals surface area contributed by atoms with E-state index in [-0.39, 0.29) is 18.6 Å². The van der Waals surface area contributed by atoms with Gasteiger partial charge >= 0.3 is 5.97 Å². The van der Waals surface area contributed by atoms with Gasteiger partial charge in [0.1, 0.15) is 16.9 Å². The van der Waals surface area contributed by atoms with Crippen molar-refractivity contribution in [3.63, 3.8) is 0 Å². The minimum atomic E-state index is -0.946. The summed E-state index contributed by atoms with van der Waals surface area (Å²) < 4.78 is 16.7. The van der Waals surface area contributed by atoms with Crippen molar-refractivity contribution in [3.05, 3.63) is 23.8 Å². The van der Waals surface area contributed by atoms with Crippen LogP contribution in [0.3, 0.4) is 0 Å². The number of ether oxygens (including phenoxy) is 3. The number of benzene rings is 1. The molecule has 158 valence electrons. The highest BCUT2D eigenvalue weighted by Crippen LogP contribution is 2.28. The zero-order valence-electron chi connectivity index (χ0n) is 18.3. The van der Waals surface area contributed by atoms with E-state index in [0.717, 1.165) is 6.42 Å². The zero-order chi connectivity index (χ0) is 21.3. The van der Waals surface area contributed by atoms with Crippen LogP contribution in [-0.2, 0) is 14.3 Å². The molecule has 1 N–H and O–H groups in total. The topological polar surface area (TPSA) is 73.9 Å². The van der Waals surface area contributed by atoms with Gasteiger partial charge in [0.05, 0.1) is 12.7 Å². The monoisotopic (exact) mass is 393 g/mol. The van der Waals surface area contributed by atoms with E-state index in [1.54, 1.807) is 32.0 Å². The lowest BCUT2D eigenvalue weighted by atomic mass is 9.93. The van der Waals surface area contributed by atoms with Crippen LogP contribution in [0, 0.1) is 5.92 Å². The van der Waals surface area contributed by atoms with Crippen LogP contribution in [0.5, 0.6) is 5.75 Å². The summed E-state index contributed by atoms with van der Waals surface area (Å²) in [6.45, 7) is 14.1. The van der Waals surface area contributed by atoms with E-state index >= 15 is 0 Å². The highest BCUT2D eigenvalue weighted by Gasteiger charge is 2.35.